The van der Waals surface area contributed by atoms with Crippen molar-refractivity contribution in [2.24, 2.45) is 0 Å². The van der Waals surface area contributed by atoms with Crippen molar-refractivity contribution in [1.29, 1.82) is 0 Å². The predicted octanol–water partition coefficient (Wildman–Crippen LogP) is 1.06. The molecule has 92 valence electrons. The highest BCUT2D eigenvalue weighted by Crippen LogP contribution is 2.65. The van der Waals surface area contributed by atoms with Crippen molar-refractivity contribution in [3.05, 3.63) is 29.8 Å². The number of rotatable bonds is 3. The summed E-state index contributed by atoms with van der Waals surface area (Å²) in [5, 5.41) is 8.53. The Hall–Kier alpha value is -0.645. The van der Waals surface area contributed by atoms with Crippen molar-refractivity contribution in [3.8, 4) is 0 Å². The van der Waals surface area contributed by atoms with Gasteiger partial charge >= 0.3 is 14.7 Å². The van der Waals surface area contributed by atoms with E-state index in [-0.39, 0.29) is 0 Å². The molecule has 0 aromatic heterocycles. The molecular weight excluding hydrogens is 242 g/mol. The zero-order chi connectivity index (χ0) is 12.7. The van der Waals surface area contributed by atoms with Crippen molar-refractivity contribution >= 4 is 20.2 Å². The van der Waals surface area contributed by atoms with Gasteiger partial charge in [-0.3, -0.25) is 4.57 Å². The molecule has 1 aromatic rings. The van der Waals surface area contributed by atoms with Crippen LogP contribution in [-0.4, -0.2) is 26.4 Å². The van der Waals surface area contributed by atoms with Crippen LogP contribution in [0.3, 0.4) is 0 Å². The molecule has 0 saturated heterocycles. The Morgan fingerprint density at radius 1 is 1.35 bits per heavy atom. The van der Waals surface area contributed by atoms with E-state index >= 15 is 0 Å². The summed E-state index contributed by atoms with van der Waals surface area (Å²) in [6, 6.07) is 7.03. The standard InChI is InChI=1S/C10H14BO5P/c1-10(17(13,14-2)15-3)8-6-4-5-7-9(8)11(12)16-10/h4-7,12H,1-3H3. The van der Waals surface area contributed by atoms with Gasteiger partial charge in [-0.15, -0.1) is 0 Å². The molecule has 5 nitrogen and oxygen atoms in total. The Bertz CT molecular complexity index is 472. The van der Waals surface area contributed by atoms with E-state index < -0.39 is 20.1 Å². The van der Waals surface area contributed by atoms with Gasteiger partial charge in [0.2, 0.25) is 0 Å². The molecule has 0 saturated carbocycles. The van der Waals surface area contributed by atoms with E-state index in [1.807, 2.05) is 0 Å². The monoisotopic (exact) mass is 256 g/mol. The van der Waals surface area contributed by atoms with Gasteiger partial charge in [0.1, 0.15) is 0 Å². The Labute approximate surface area is 100 Å². The Morgan fingerprint density at radius 2 is 1.94 bits per heavy atom. The molecule has 1 aliphatic rings. The Balaban J connectivity index is 2.59. The second-order valence-corrected chi connectivity index (χ2v) is 6.48. The van der Waals surface area contributed by atoms with Gasteiger partial charge in [-0.2, -0.15) is 0 Å². The fraction of sp³-hybridized carbons (Fsp3) is 0.400. The van der Waals surface area contributed by atoms with E-state index in [1.165, 1.54) is 14.2 Å². The van der Waals surface area contributed by atoms with Crippen LogP contribution in [0.15, 0.2) is 24.3 Å². The van der Waals surface area contributed by atoms with Crippen molar-refractivity contribution in [2.45, 2.75) is 12.3 Å². The quantitative estimate of drug-likeness (QED) is 0.647. The highest BCUT2D eigenvalue weighted by Gasteiger charge is 2.56. The number of benzene rings is 1. The fourth-order valence-electron chi connectivity index (χ4n) is 2.11. The van der Waals surface area contributed by atoms with E-state index in [9.17, 15) is 9.59 Å². The highest BCUT2D eigenvalue weighted by molar-refractivity contribution is 7.55. The van der Waals surface area contributed by atoms with Crippen LogP contribution >= 0.6 is 7.60 Å². The molecule has 1 unspecified atom stereocenters. The van der Waals surface area contributed by atoms with Crippen molar-refractivity contribution in [2.75, 3.05) is 14.2 Å². The van der Waals surface area contributed by atoms with E-state index in [4.69, 9.17) is 13.7 Å². The number of hydrogen-bond acceptors (Lipinski definition) is 5. The second kappa shape index (κ2) is 4.23. The molecule has 0 spiro atoms. The van der Waals surface area contributed by atoms with Gasteiger partial charge in [-0.05, 0) is 17.9 Å². The molecule has 7 heteroatoms. The lowest BCUT2D eigenvalue weighted by molar-refractivity contribution is 0.109. The van der Waals surface area contributed by atoms with E-state index in [0.29, 0.717) is 11.0 Å². The van der Waals surface area contributed by atoms with E-state index in [2.05, 4.69) is 0 Å². The van der Waals surface area contributed by atoms with Crippen LogP contribution in [-0.2, 0) is 23.6 Å². The molecule has 0 radical (unpaired) electrons. The van der Waals surface area contributed by atoms with Crippen LogP contribution in [0.4, 0.5) is 0 Å². The zero-order valence-corrected chi connectivity index (χ0v) is 10.8. The van der Waals surface area contributed by atoms with Gasteiger partial charge < -0.3 is 18.7 Å². The highest BCUT2D eigenvalue weighted by atomic mass is 31.2. The molecule has 1 aliphatic heterocycles. The molecule has 0 bridgehead atoms. The summed E-state index contributed by atoms with van der Waals surface area (Å²) in [6.45, 7) is 1.59. The smallest absolute Gasteiger partial charge is 0.423 e. The molecule has 0 amide bonds. The zero-order valence-electron chi connectivity index (χ0n) is 9.91. The van der Waals surface area contributed by atoms with Crippen molar-refractivity contribution < 1.29 is 23.3 Å². The molecule has 1 aromatic carbocycles. The van der Waals surface area contributed by atoms with Gasteiger partial charge in [0.15, 0.2) is 5.34 Å². The molecule has 17 heavy (non-hydrogen) atoms. The molecular formula is C10H14BO5P. The summed E-state index contributed by atoms with van der Waals surface area (Å²) in [5.74, 6) is 0. The van der Waals surface area contributed by atoms with Crippen LogP contribution in [0.2, 0.25) is 0 Å². The molecule has 1 heterocycles. The Morgan fingerprint density at radius 3 is 2.53 bits per heavy atom. The Kier molecular flexibility index (Phi) is 3.18. The van der Waals surface area contributed by atoms with Crippen LogP contribution < -0.4 is 5.46 Å². The van der Waals surface area contributed by atoms with Gasteiger partial charge in [-0.25, -0.2) is 0 Å². The summed E-state index contributed by atoms with van der Waals surface area (Å²) in [6.07, 6.45) is 0. The maximum Gasteiger partial charge on any atom is 0.492 e. The first-order valence-corrected chi connectivity index (χ1v) is 6.69. The van der Waals surface area contributed by atoms with Crippen LogP contribution in [0.1, 0.15) is 12.5 Å². The fourth-order valence-corrected chi connectivity index (χ4v) is 3.69. The summed E-state index contributed by atoms with van der Waals surface area (Å²) in [5.41, 5.74) is 1.21. The third kappa shape index (κ3) is 1.68. The summed E-state index contributed by atoms with van der Waals surface area (Å²) >= 11 is 0. The molecule has 1 atom stereocenters. The van der Waals surface area contributed by atoms with Crippen molar-refractivity contribution in [3.63, 3.8) is 0 Å². The average molecular weight is 256 g/mol. The minimum absolute atomic E-state index is 0.587. The first kappa shape index (κ1) is 12.8. The molecule has 0 aliphatic carbocycles. The average Bonchev–Trinajstić information content (AvgIpc) is 2.63. The maximum absolute atomic E-state index is 12.5. The van der Waals surface area contributed by atoms with Crippen LogP contribution in [0, 0.1) is 0 Å². The topological polar surface area (TPSA) is 65.0 Å². The largest absolute Gasteiger partial charge is 0.492 e. The third-order valence-corrected chi connectivity index (χ3v) is 5.42. The van der Waals surface area contributed by atoms with Gasteiger partial charge in [-0.1, -0.05) is 24.3 Å². The minimum atomic E-state index is -3.49. The van der Waals surface area contributed by atoms with Gasteiger partial charge in [0.05, 0.1) is 0 Å². The van der Waals surface area contributed by atoms with E-state index in [1.54, 1.807) is 31.2 Å². The van der Waals surface area contributed by atoms with Gasteiger partial charge in [0.25, 0.3) is 0 Å². The number of fused-ring (bicyclic) bond motifs is 1. The lowest BCUT2D eigenvalue weighted by Crippen LogP contribution is -2.29. The molecule has 1 N–H and O–H groups in total. The third-order valence-electron chi connectivity index (χ3n) is 3.07. The lowest BCUT2D eigenvalue weighted by Gasteiger charge is -2.31. The van der Waals surface area contributed by atoms with Crippen molar-refractivity contribution in [1.82, 2.24) is 0 Å². The second-order valence-electron chi connectivity index (χ2n) is 3.90. The van der Waals surface area contributed by atoms with Crippen LogP contribution in [0.5, 0.6) is 0 Å². The summed E-state index contributed by atoms with van der Waals surface area (Å²) in [4.78, 5) is 0. The van der Waals surface area contributed by atoms with Gasteiger partial charge in [0, 0.05) is 14.2 Å². The summed E-state index contributed by atoms with van der Waals surface area (Å²) in [7, 11) is -2.01. The first-order valence-electron chi connectivity index (χ1n) is 5.15. The minimum Gasteiger partial charge on any atom is -0.423 e. The predicted molar refractivity (Wildman–Crippen MR) is 64.1 cm³/mol. The summed E-state index contributed by atoms with van der Waals surface area (Å²) < 4.78 is 27.9. The first-order chi connectivity index (χ1) is 7.98. The maximum atomic E-state index is 12.5. The normalized spacial score (nSPS) is 23.9. The van der Waals surface area contributed by atoms with Crippen LogP contribution in [0.25, 0.3) is 0 Å². The molecule has 0 fully saturated rings. The van der Waals surface area contributed by atoms with E-state index in [0.717, 1.165) is 0 Å². The SMILES string of the molecule is COP(=O)(OC)C1(C)OB(O)c2ccccc21. The molecule has 2 rings (SSSR count). The number of hydrogen-bond donors (Lipinski definition) is 1. The lowest BCUT2D eigenvalue weighted by atomic mass is 9.79.